The average molecular weight is 891 g/mol. The third-order valence-corrected chi connectivity index (χ3v) is 16.1. The first kappa shape index (κ1) is 42.9. The molecule has 5 heterocycles. The third kappa shape index (κ3) is 5.55. The average Bonchev–Trinajstić information content (AvgIpc) is 3.60. The summed E-state index contributed by atoms with van der Waals surface area (Å²) in [7, 11) is 3.07. The number of aromatic hydroxyl groups is 1. The maximum absolute atomic E-state index is 14.3. The number of methoxy groups -OCH3 is 2. The summed E-state index contributed by atoms with van der Waals surface area (Å²) in [6.45, 7) is 14.8. The molecule has 10 atom stereocenters. The molecule has 342 valence electrons. The van der Waals surface area contributed by atoms with Gasteiger partial charge in [0.05, 0.1) is 55.2 Å². The molecule has 1 saturated heterocycles. The van der Waals surface area contributed by atoms with Gasteiger partial charge >= 0.3 is 5.97 Å². The van der Waals surface area contributed by atoms with Crippen LogP contribution in [0.15, 0.2) is 70.8 Å². The van der Waals surface area contributed by atoms with Crippen molar-refractivity contribution in [1.29, 1.82) is 0 Å². The molecule has 10 unspecified atom stereocenters. The van der Waals surface area contributed by atoms with E-state index in [1.807, 2.05) is 45.9 Å². The number of rotatable bonds is 4. The van der Waals surface area contributed by atoms with E-state index in [0.717, 1.165) is 5.56 Å². The molecule has 11 rings (SSSR count). The number of phenolic OH excluding ortho intramolecular Hbond substituents is 1. The molecule has 4 aliphatic carbocycles. The fourth-order valence-electron chi connectivity index (χ4n) is 13.5. The van der Waals surface area contributed by atoms with E-state index < -0.39 is 68.7 Å². The number of hydrogen-bond donors (Lipinski definition) is 2. The molecule has 0 bridgehead atoms. The number of benzene rings is 2. The Balaban J connectivity index is 0.000000155. The van der Waals surface area contributed by atoms with E-state index in [0.29, 0.717) is 58.3 Å². The second-order valence-electron chi connectivity index (χ2n) is 20.4. The van der Waals surface area contributed by atoms with Gasteiger partial charge in [-0.15, -0.1) is 0 Å². The molecular weight excluding hydrogens is 837 g/mol. The van der Waals surface area contributed by atoms with Crippen molar-refractivity contribution in [2.45, 2.75) is 110 Å². The molecule has 3 fully saturated rings. The van der Waals surface area contributed by atoms with Gasteiger partial charge in [0.15, 0.2) is 28.8 Å². The zero-order valence-electron chi connectivity index (χ0n) is 38.2. The first-order chi connectivity index (χ1) is 30.6. The lowest BCUT2D eigenvalue weighted by molar-refractivity contribution is -0.200. The number of esters is 1. The van der Waals surface area contributed by atoms with Crippen LogP contribution in [0.3, 0.4) is 0 Å². The zero-order chi connectivity index (χ0) is 46.6. The summed E-state index contributed by atoms with van der Waals surface area (Å²) >= 11 is 0. The number of phenols is 1. The van der Waals surface area contributed by atoms with Gasteiger partial charge in [-0.1, -0.05) is 19.9 Å². The summed E-state index contributed by atoms with van der Waals surface area (Å²) in [5, 5.41) is 22.2. The first-order valence-electron chi connectivity index (χ1n) is 22.1. The van der Waals surface area contributed by atoms with Crippen LogP contribution >= 0.6 is 0 Å². The highest BCUT2D eigenvalue weighted by Crippen LogP contribution is 2.81. The minimum absolute atomic E-state index is 0.0453. The van der Waals surface area contributed by atoms with E-state index in [1.165, 1.54) is 20.1 Å². The summed E-state index contributed by atoms with van der Waals surface area (Å²) in [4.78, 5) is 53.2. The maximum Gasteiger partial charge on any atom is 0.302 e. The van der Waals surface area contributed by atoms with Crippen molar-refractivity contribution in [3.05, 3.63) is 88.6 Å². The Morgan fingerprint density at radius 1 is 0.908 bits per heavy atom. The normalized spacial score (nSPS) is 35.6. The lowest BCUT2D eigenvalue weighted by Gasteiger charge is -2.64. The molecule has 0 amide bonds. The molecule has 2 aromatic carbocycles. The number of hydrogen-bond acceptors (Lipinski definition) is 14. The molecular formula is C51H54O14. The Labute approximate surface area is 376 Å². The smallest absolute Gasteiger partial charge is 0.302 e. The van der Waals surface area contributed by atoms with E-state index in [4.69, 9.17) is 37.6 Å². The van der Waals surface area contributed by atoms with E-state index >= 15 is 0 Å². The van der Waals surface area contributed by atoms with Gasteiger partial charge in [-0.25, -0.2) is 0 Å². The van der Waals surface area contributed by atoms with Crippen molar-refractivity contribution >= 4 is 29.4 Å². The number of Topliss-reactive ketones (excluding diaryl/α,β-unsaturated/α-hetero) is 2. The Hall–Kier alpha value is -6.02. The molecule has 1 aromatic heterocycles. The molecule has 8 aliphatic rings. The van der Waals surface area contributed by atoms with Crippen molar-refractivity contribution in [2.75, 3.05) is 20.8 Å². The highest BCUT2D eigenvalue weighted by Gasteiger charge is 2.89. The van der Waals surface area contributed by atoms with E-state index in [9.17, 15) is 29.4 Å². The summed E-state index contributed by atoms with van der Waals surface area (Å²) in [6, 6.07) is 6.87. The van der Waals surface area contributed by atoms with Gasteiger partial charge in [-0.3, -0.25) is 19.2 Å². The van der Waals surface area contributed by atoms with Gasteiger partial charge in [-0.05, 0) is 94.9 Å². The molecule has 65 heavy (non-hydrogen) atoms. The van der Waals surface area contributed by atoms with Crippen LogP contribution in [0.25, 0.3) is 6.08 Å². The van der Waals surface area contributed by atoms with Crippen LogP contribution in [0, 0.1) is 27.6 Å². The molecule has 3 aromatic rings. The van der Waals surface area contributed by atoms with Crippen LogP contribution < -0.4 is 23.7 Å². The second-order valence-corrected chi connectivity index (χ2v) is 20.4. The van der Waals surface area contributed by atoms with E-state index in [1.54, 1.807) is 57.8 Å². The number of furan rings is 1. The molecule has 2 saturated carbocycles. The van der Waals surface area contributed by atoms with Gasteiger partial charge in [0.25, 0.3) is 0 Å². The minimum atomic E-state index is -1.17. The van der Waals surface area contributed by atoms with Gasteiger partial charge in [0, 0.05) is 41.4 Å². The highest BCUT2D eigenvalue weighted by atomic mass is 16.6. The fourth-order valence-corrected chi connectivity index (χ4v) is 13.5. The van der Waals surface area contributed by atoms with Crippen LogP contribution in [0.5, 0.6) is 34.5 Å². The van der Waals surface area contributed by atoms with Crippen molar-refractivity contribution in [3.63, 3.8) is 0 Å². The Bertz CT molecular complexity index is 2700. The van der Waals surface area contributed by atoms with Crippen molar-refractivity contribution in [3.8, 4) is 34.5 Å². The van der Waals surface area contributed by atoms with E-state index in [2.05, 4.69) is 6.92 Å². The number of carbonyl (C=O) groups is 4. The summed E-state index contributed by atoms with van der Waals surface area (Å²) < 4.78 is 46.7. The van der Waals surface area contributed by atoms with Gasteiger partial charge in [0.1, 0.15) is 58.6 Å². The number of allylic oxidation sites excluding steroid dienone is 4. The van der Waals surface area contributed by atoms with Gasteiger partial charge in [-0.2, -0.15) is 0 Å². The zero-order valence-corrected chi connectivity index (χ0v) is 38.2. The lowest BCUT2D eigenvalue weighted by Crippen LogP contribution is -2.70. The number of carbonyl (C=O) groups excluding carboxylic acids is 4. The Morgan fingerprint density at radius 2 is 1.63 bits per heavy atom. The number of fused-ring (bicyclic) bond motifs is 9. The highest BCUT2D eigenvalue weighted by molar-refractivity contribution is 6.09. The largest absolute Gasteiger partial charge is 0.507 e. The van der Waals surface area contributed by atoms with Crippen LogP contribution in [0.4, 0.5) is 0 Å². The molecule has 14 heteroatoms. The van der Waals surface area contributed by atoms with Crippen molar-refractivity contribution < 1.29 is 67.0 Å². The van der Waals surface area contributed by atoms with Crippen LogP contribution in [-0.4, -0.2) is 83.9 Å². The maximum atomic E-state index is 14.3. The molecule has 1 spiro atoms. The summed E-state index contributed by atoms with van der Waals surface area (Å²) in [6.07, 6.45) is 10.4. The quantitative estimate of drug-likeness (QED) is 0.189. The lowest BCUT2D eigenvalue weighted by atomic mass is 9.38. The number of aliphatic hydroxyl groups is 1. The Morgan fingerprint density at radius 3 is 2.31 bits per heavy atom. The topological polar surface area (TPSA) is 190 Å². The van der Waals surface area contributed by atoms with Gasteiger partial charge in [0.2, 0.25) is 5.78 Å². The number of epoxide rings is 1. The van der Waals surface area contributed by atoms with Crippen LogP contribution in [-0.2, 0) is 23.9 Å². The predicted octanol–water partition coefficient (Wildman–Crippen LogP) is 8.15. The fraction of sp³-hybridized carbons (Fsp3) is 0.490. The molecule has 2 N–H and O–H groups in total. The minimum Gasteiger partial charge on any atom is -0.507 e. The second kappa shape index (κ2) is 13.8. The molecule has 4 aliphatic heterocycles. The number of ether oxygens (including phenoxy) is 7. The van der Waals surface area contributed by atoms with Crippen LogP contribution in [0.1, 0.15) is 107 Å². The monoisotopic (exact) mass is 890 g/mol. The van der Waals surface area contributed by atoms with Crippen molar-refractivity contribution in [1.82, 2.24) is 0 Å². The van der Waals surface area contributed by atoms with Crippen LogP contribution in [0.2, 0.25) is 0 Å². The van der Waals surface area contributed by atoms with E-state index in [-0.39, 0.29) is 47.3 Å². The number of ketones is 3. The summed E-state index contributed by atoms with van der Waals surface area (Å²) in [5.41, 5.74) is -2.13. The summed E-state index contributed by atoms with van der Waals surface area (Å²) in [5.74, 6) is -0.495. The molecule has 14 nitrogen and oxygen atoms in total. The molecule has 0 radical (unpaired) electrons. The first-order valence-corrected chi connectivity index (χ1v) is 22.1. The SMILES string of the molecule is CC(=O)OC1CC2(C)C(c3ccoc3)CC3OC32C2(C)C(=O)C(O)=C3C(C)(C)C(=O)C=CC3(C)C12.COc1cc2c(cc1OC)C1C(=O)c3c(O)cc4c(c3OC1CO2)C=CC(C)(C)O4. The Kier molecular flexibility index (Phi) is 9.08. The number of aliphatic hydroxyl groups excluding tert-OH is 1. The van der Waals surface area contributed by atoms with Crippen molar-refractivity contribution in [2.24, 2.45) is 27.6 Å². The standard InChI is InChI=1S/C28H32O7.C23H22O7/c1-14(29)34-17-12-26(5)16(15-8-10-33-13-15)11-19-28(26,35-19)27(6)21(17)25(4)9-7-18(30)24(2,3)22(25)20(31)23(27)32;1-23(2)6-5-11-15(30-23)8-13(24)20-21(25)19-12-7-16(26-3)17(27-4)9-14(12)28-10-18(19)29-22(11)20/h7-10,13,16-17,19,21,31H,11-12H2,1-6H3;5-9,18-19,24H,10H2,1-4H3. The predicted molar refractivity (Wildman–Crippen MR) is 233 cm³/mol. The third-order valence-electron chi connectivity index (χ3n) is 16.1. The van der Waals surface area contributed by atoms with Gasteiger partial charge < -0.3 is 47.8 Å².